The Hall–Kier alpha value is -2.34. The van der Waals surface area contributed by atoms with Gasteiger partial charge in [-0.25, -0.2) is 0 Å². The number of hydrogen-bond donors (Lipinski definition) is 3. The summed E-state index contributed by atoms with van der Waals surface area (Å²) in [6.45, 7) is 1.85. The van der Waals surface area contributed by atoms with E-state index in [-0.39, 0.29) is 29.5 Å². The number of alkyl halides is 3. The molecule has 130 valence electrons. The number of halogens is 3. The van der Waals surface area contributed by atoms with Gasteiger partial charge in [-0.05, 0) is 36.8 Å². The third-order valence-electron chi connectivity index (χ3n) is 2.89. The summed E-state index contributed by atoms with van der Waals surface area (Å²) in [6.07, 6.45) is -5.03. The fourth-order valence-electron chi connectivity index (χ4n) is 1.76. The van der Waals surface area contributed by atoms with Crippen molar-refractivity contribution in [3.8, 4) is 6.07 Å². The molecule has 0 fully saturated rings. The predicted molar refractivity (Wildman–Crippen MR) is 88.3 cm³/mol. The summed E-state index contributed by atoms with van der Waals surface area (Å²) < 4.78 is 36.8. The predicted octanol–water partition coefficient (Wildman–Crippen LogP) is 2.50. The van der Waals surface area contributed by atoms with Crippen LogP contribution < -0.4 is 16.0 Å². The van der Waals surface area contributed by atoms with Crippen LogP contribution in [0, 0.1) is 11.3 Å². The molecule has 1 aromatic carbocycles. The number of carbonyl (C=O) groups is 1. The Kier molecular flexibility index (Phi) is 7.45. The number of amides is 1. The van der Waals surface area contributed by atoms with Crippen LogP contribution in [0.5, 0.6) is 0 Å². The van der Waals surface area contributed by atoms with Gasteiger partial charge >= 0.3 is 6.18 Å². The average Bonchev–Trinajstić information content (AvgIpc) is 2.47. The highest BCUT2D eigenvalue weighted by Crippen LogP contribution is 2.22. The molecule has 1 rings (SSSR count). The van der Waals surface area contributed by atoms with Crippen LogP contribution in [0.2, 0.25) is 0 Å². The number of nitriles is 1. The number of benzene rings is 1. The van der Waals surface area contributed by atoms with E-state index in [2.05, 4.69) is 16.0 Å². The number of rotatable bonds is 6. The van der Waals surface area contributed by atoms with Crippen molar-refractivity contribution in [2.24, 2.45) is 0 Å². The molecule has 0 radical (unpaired) electrons. The van der Waals surface area contributed by atoms with Gasteiger partial charge in [-0.3, -0.25) is 4.79 Å². The third-order valence-corrected chi connectivity index (χ3v) is 3.11. The van der Waals surface area contributed by atoms with Gasteiger partial charge in [0, 0.05) is 12.2 Å². The number of anilines is 1. The molecule has 0 aromatic heterocycles. The van der Waals surface area contributed by atoms with E-state index in [1.807, 2.05) is 6.07 Å². The number of hydrogen-bond acceptors (Lipinski definition) is 3. The van der Waals surface area contributed by atoms with E-state index in [0.29, 0.717) is 5.69 Å². The van der Waals surface area contributed by atoms with Crippen molar-refractivity contribution >= 4 is 28.9 Å². The van der Waals surface area contributed by atoms with Gasteiger partial charge in [0.05, 0.1) is 18.9 Å². The van der Waals surface area contributed by atoms with Gasteiger partial charge in [0.2, 0.25) is 5.91 Å². The van der Waals surface area contributed by atoms with Crippen molar-refractivity contribution in [3.05, 3.63) is 29.8 Å². The lowest BCUT2D eigenvalue weighted by atomic mass is 10.1. The molecular formula is C15H17F3N4OS. The number of nitrogens with one attached hydrogen (secondary N) is 3. The van der Waals surface area contributed by atoms with E-state index in [1.54, 1.807) is 6.92 Å². The second-order valence-corrected chi connectivity index (χ2v) is 5.42. The van der Waals surface area contributed by atoms with Gasteiger partial charge in [0.15, 0.2) is 5.11 Å². The van der Waals surface area contributed by atoms with Crippen LogP contribution >= 0.6 is 12.2 Å². The largest absolute Gasteiger partial charge is 0.393 e. The zero-order valence-corrected chi connectivity index (χ0v) is 13.7. The van der Waals surface area contributed by atoms with Crippen LogP contribution in [-0.4, -0.2) is 29.8 Å². The van der Waals surface area contributed by atoms with Gasteiger partial charge < -0.3 is 16.0 Å². The first-order valence-corrected chi connectivity index (χ1v) is 7.50. The molecule has 0 heterocycles. The van der Waals surface area contributed by atoms with Crippen LogP contribution in [0.4, 0.5) is 18.9 Å². The zero-order valence-electron chi connectivity index (χ0n) is 12.9. The molecule has 1 unspecified atom stereocenters. The van der Waals surface area contributed by atoms with Crippen molar-refractivity contribution < 1.29 is 18.0 Å². The summed E-state index contributed by atoms with van der Waals surface area (Å²) in [4.78, 5) is 11.7. The minimum absolute atomic E-state index is 0.150. The summed E-state index contributed by atoms with van der Waals surface area (Å²) in [5.41, 5.74) is 0.660. The Morgan fingerprint density at radius 1 is 1.33 bits per heavy atom. The fourth-order valence-corrected chi connectivity index (χ4v) is 2.06. The van der Waals surface area contributed by atoms with E-state index in [4.69, 9.17) is 17.5 Å². The van der Waals surface area contributed by atoms with Crippen LogP contribution in [0.15, 0.2) is 24.3 Å². The summed E-state index contributed by atoms with van der Waals surface area (Å²) in [5.74, 6) is -0.310. The molecule has 5 nitrogen and oxygen atoms in total. The molecule has 1 atom stereocenters. The quantitative estimate of drug-likeness (QED) is 0.538. The smallest absolute Gasteiger partial charge is 0.353 e. The molecule has 3 N–H and O–H groups in total. The molecule has 24 heavy (non-hydrogen) atoms. The molecule has 0 saturated heterocycles. The number of carbonyl (C=O) groups excluding carboxylic acids is 1. The molecule has 0 bridgehead atoms. The highest BCUT2D eigenvalue weighted by atomic mass is 32.1. The highest BCUT2D eigenvalue weighted by Gasteiger charge is 2.27. The van der Waals surface area contributed by atoms with Crippen molar-refractivity contribution in [3.63, 3.8) is 0 Å². The first-order chi connectivity index (χ1) is 11.2. The van der Waals surface area contributed by atoms with Crippen molar-refractivity contribution in [2.45, 2.75) is 32.0 Å². The number of nitrogens with zero attached hydrogens (tertiary/aromatic N) is 1. The molecule has 0 saturated carbocycles. The fraction of sp³-hybridized carbons (Fsp3) is 0.400. The third kappa shape index (κ3) is 7.78. The van der Waals surface area contributed by atoms with Gasteiger partial charge in [-0.15, -0.1) is 0 Å². The maximum Gasteiger partial charge on any atom is 0.393 e. The van der Waals surface area contributed by atoms with Gasteiger partial charge in [-0.2, -0.15) is 18.4 Å². The zero-order chi connectivity index (χ0) is 18.2. The van der Waals surface area contributed by atoms with Crippen molar-refractivity contribution in [1.82, 2.24) is 10.6 Å². The maximum absolute atomic E-state index is 12.3. The van der Waals surface area contributed by atoms with Crippen molar-refractivity contribution in [2.75, 3.05) is 11.9 Å². The molecule has 1 aromatic rings. The molecular weight excluding hydrogens is 341 g/mol. The molecule has 9 heteroatoms. The SMILES string of the molecule is CC(NC(=S)Nc1ccc(CC(F)(F)F)cc1)C(=O)NCCC#N. The van der Waals surface area contributed by atoms with E-state index in [1.165, 1.54) is 24.3 Å². The molecule has 1 amide bonds. The normalized spacial score (nSPS) is 12.0. The Balaban J connectivity index is 2.47. The van der Waals surface area contributed by atoms with Crippen LogP contribution in [0.25, 0.3) is 0 Å². The molecule has 0 aliphatic heterocycles. The monoisotopic (exact) mass is 358 g/mol. The molecule has 0 spiro atoms. The Bertz CT molecular complexity index is 611. The van der Waals surface area contributed by atoms with E-state index in [0.717, 1.165) is 0 Å². The van der Waals surface area contributed by atoms with E-state index in [9.17, 15) is 18.0 Å². The maximum atomic E-state index is 12.3. The lowest BCUT2D eigenvalue weighted by Gasteiger charge is -2.16. The Morgan fingerprint density at radius 2 is 1.96 bits per heavy atom. The van der Waals surface area contributed by atoms with E-state index < -0.39 is 18.6 Å². The first kappa shape index (κ1) is 19.7. The number of thiocarbonyl (C=S) groups is 1. The topological polar surface area (TPSA) is 76.9 Å². The molecule has 0 aliphatic carbocycles. The van der Waals surface area contributed by atoms with E-state index >= 15 is 0 Å². The highest BCUT2D eigenvalue weighted by molar-refractivity contribution is 7.80. The molecule has 0 aliphatic rings. The standard InChI is InChI=1S/C15H17F3N4OS/c1-10(13(23)20-8-2-7-19)21-14(24)22-12-5-3-11(4-6-12)9-15(16,17)18/h3-6,10H,2,8-9H2,1H3,(H,20,23)(H2,21,22,24). The minimum atomic E-state index is -4.25. The minimum Gasteiger partial charge on any atom is -0.353 e. The average molecular weight is 358 g/mol. The van der Waals surface area contributed by atoms with Crippen LogP contribution in [0.1, 0.15) is 18.9 Å². The summed E-state index contributed by atoms with van der Waals surface area (Å²) >= 11 is 5.05. The lowest BCUT2D eigenvalue weighted by Crippen LogP contribution is -2.46. The Morgan fingerprint density at radius 3 is 2.50 bits per heavy atom. The summed E-state index contributed by atoms with van der Waals surface area (Å²) in [6, 6.07) is 6.97. The van der Waals surface area contributed by atoms with Crippen LogP contribution in [0.3, 0.4) is 0 Å². The second-order valence-electron chi connectivity index (χ2n) is 5.01. The van der Waals surface area contributed by atoms with Crippen molar-refractivity contribution in [1.29, 1.82) is 5.26 Å². The van der Waals surface area contributed by atoms with Crippen LogP contribution in [-0.2, 0) is 11.2 Å². The lowest BCUT2D eigenvalue weighted by molar-refractivity contribution is -0.127. The Labute approximate surface area is 143 Å². The summed E-state index contributed by atoms with van der Waals surface area (Å²) in [7, 11) is 0. The summed E-state index contributed by atoms with van der Waals surface area (Å²) in [5, 5.41) is 16.7. The van der Waals surface area contributed by atoms with Gasteiger partial charge in [0.25, 0.3) is 0 Å². The first-order valence-electron chi connectivity index (χ1n) is 7.09. The van der Waals surface area contributed by atoms with Gasteiger partial charge in [0.1, 0.15) is 6.04 Å². The van der Waals surface area contributed by atoms with Gasteiger partial charge in [-0.1, -0.05) is 12.1 Å². The second kappa shape index (κ2) is 9.08.